The zero-order chi connectivity index (χ0) is 25.1. The summed E-state index contributed by atoms with van der Waals surface area (Å²) >= 11 is 3.17. The molecule has 2 N–H and O–H groups in total. The van der Waals surface area contributed by atoms with Crippen molar-refractivity contribution in [3.05, 3.63) is 58.3 Å². The van der Waals surface area contributed by atoms with Crippen molar-refractivity contribution in [2.75, 3.05) is 5.75 Å². The van der Waals surface area contributed by atoms with Gasteiger partial charge in [0.1, 0.15) is 11.6 Å². The van der Waals surface area contributed by atoms with Gasteiger partial charge in [-0.15, -0.1) is 11.8 Å². The fraction of sp³-hybridized carbons (Fsp3) is 0.500. The minimum absolute atomic E-state index is 0.0435. The number of hydrogen-bond donors (Lipinski definition) is 2. The largest absolute Gasteiger partial charge is 0.444 e. The summed E-state index contributed by atoms with van der Waals surface area (Å²) in [7, 11) is 0. The Balaban J connectivity index is 2.09. The molecule has 2 rings (SSSR count). The summed E-state index contributed by atoms with van der Waals surface area (Å²) in [6, 6.07) is 10.2. The van der Waals surface area contributed by atoms with Crippen molar-refractivity contribution in [2.24, 2.45) is 5.92 Å². The predicted molar refractivity (Wildman–Crippen MR) is 140 cm³/mol. The maximum atomic E-state index is 13.2. The Bertz CT molecular complexity index is 909. The van der Waals surface area contributed by atoms with Crippen LogP contribution < -0.4 is 10.6 Å². The first-order chi connectivity index (χ1) is 16.0. The van der Waals surface area contributed by atoms with Crippen LogP contribution in [0.3, 0.4) is 0 Å². The second kappa shape index (κ2) is 13.5. The number of ketones is 1. The van der Waals surface area contributed by atoms with E-state index in [2.05, 4.69) is 16.0 Å². The smallest absolute Gasteiger partial charge is 0.408 e. The lowest BCUT2D eigenvalue weighted by Gasteiger charge is -2.26. The highest BCUT2D eigenvalue weighted by atomic mass is 32.2. The molecule has 0 saturated carbocycles. The van der Waals surface area contributed by atoms with Gasteiger partial charge in [0.15, 0.2) is 5.78 Å². The first kappa shape index (κ1) is 27.9. The summed E-state index contributed by atoms with van der Waals surface area (Å²) in [6.07, 6.45) is 0.181. The number of Topliss-reactive ketones (excluding diaryl/α,β-unsaturated/α-hetero) is 1. The van der Waals surface area contributed by atoms with Crippen LogP contribution in [0.15, 0.2) is 47.2 Å². The van der Waals surface area contributed by atoms with E-state index in [0.717, 1.165) is 11.3 Å². The molecule has 2 aromatic rings. The number of hydrogen-bond acceptors (Lipinski definition) is 6. The highest BCUT2D eigenvalue weighted by molar-refractivity contribution is 7.99. The van der Waals surface area contributed by atoms with Gasteiger partial charge >= 0.3 is 6.09 Å². The average Bonchev–Trinajstić information content (AvgIpc) is 3.25. The van der Waals surface area contributed by atoms with Gasteiger partial charge in [0.2, 0.25) is 5.91 Å². The molecule has 0 aliphatic carbocycles. The quantitative estimate of drug-likeness (QED) is 0.414. The molecule has 0 radical (unpaired) electrons. The fourth-order valence-electron chi connectivity index (χ4n) is 3.27. The van der Waals surface area contributed by atoms with Gasteiger partial charge in [-0.3, -0.25) is 9.59 Å². The van der Waals surface area contributed by atoms with E-state index in [1.165, 1.54) is 17.3 Å². The van der Waals surface area contributed by atoms with E-state index in [-0.39, 0.29) is 17.6 Å². The average molecular weight is 505 g/mol. The third-order valence-electron chi connectivity index (χ3n) is 4.80. The maximum absolute atomic E-state index is 13.2. The van der Waals surface area contributed by atoms with Crippen molar-refractivity contribution in [1.29, 1.82) is 0 Å². The number of thioether (sulfide) groups is 1. The van der Waals surface area contributed by atoms with Gasteiger partial charge in [-0.25, -0.2) is 4.79 Å². The van der Waals surface area contributed by atoms with Crippen LogP contribution in [0.2, 0.25) is 0 Å². The van der Waals surface area contributed by atoms with Crippen LogP contribution in [0.1, 0.15) is 52.2 Å². The molecule has 8 heteroatoms. The van der Waals surface area contributed by atoms with E-state index in [4.69, 9.17) is 4.74 Å². The third kappa shape index (κ3) is 10.7. The third-order valence-corrected chi connectivity index (χ3v) is 6.55. The lowest BCUT2D eigenvalue weighted by molar-refractivity contribution is -0.128. The zero-order valence-corrected chi connectivity index (χ0v) is 22.3. The molecule has 186 valence electrons. The van der Waals surface area contributed by atoms with Crippen LogP contribution in [0.25, 0.3) is 0 Å². The second-order valence-corrected chi connectivity index (χ2v) is 11.4. The van der Waals surface area contributed by atoms with E-state index < -0.39 is 23.8 Å². The highest BCUT2D eigenvalue weighted by Crippen LogP contribution is 2.17. The molecule has 0 bridgehead atoms. The predicted octanol–water partition coefficient (Wildman–Crippen LogP) is 5.22. The molecule has 2 amide bonds. The molecule has 0 spiro atoms. The zero-order valence-electron chi connectivity index (χ0n) is 20.6. The van der Waals surface area contributed by atoms with Crippen LogP contribution in [0, 0.1) is 5.92 Å². The lowest BCUT2D eigenvalue weighted by Crippen LogP contribution is -2.53. The number of carbonyl (C=O) groups is 3. The normalized spacial score (nSPS) is 13.2. The molecule has 1 aromatic heterocycles. The molecular weight excluding hydrogens is 468 g/mol. The number of benzene rings is 1. The fourth-order valence-corrected chi connectivity index (χ4v) is 4.96. The molecule has 1 aromatic carbocycles. The molecular formula is C26H36N2O4S2. The number of nitrogens with one attached hydrogen (secondary N) is 2. The minimum Gasteiger partial charge on any atom is -0.444 e. The van der Waals surface area contributed by atoms with Gasteiger partial charge in [-0.05, 0) is 67.5 Å². The Morgan fingerprint density at radius 3 is 2.29 bits per heavy atom. The van der Waals surface area contributed by atoms with Gasteiger partial charge < -0.3 is 15.4 Å². The first-order valence-electron chi connectivity index (χ1n) is 11.5. The van der Waals surface area contributed by atoms with Crippen molar-refractivity contribution >= 4 is 40.9 Å². The van der Waals surface area contributed by atoms with Crippen LogP contribution in [0.5, 0.6) is 0 Å². The number of carbonyl (C=O) groups excluding carboxylic acids is 3. The van der Waals surface area contributed by atoms with Crippen molar-refractivity contribution in [2.45, 2.75) is 70.9 Å². The molecule has 0 aliphatic heterocycles. The van der Waals surface area contributed by atoms with Gasteiger partial charge in [-0.1, -0.05) is 44.2 Å². The van der Waals surface area contributed by atoms with Crippen molar-refractivity contribution in [3.8, 4) is 0 Å². The summed E-state index contributed by atoms with van der Waals surface area (Å²) < 4.78 is 5.34. The topological polar surface area (TPSA) is 84.5 Å². The molecule has 2 atom stereocenters. The van der Waals surface area contributed by atoms with Crippen LogP contribution in [-0.4, -0.2) is 41.2 Å². The highest BCUT2D eigenvalue weighted by Gasteiger charge is 2.29. The number of alkyl carbamates (subject to hydrolysis) is 1. The Kier molecular flexibility index (Phi) is 11.1. The Morgan fingerprint density at radius 1 is 1.00 bits per heavy atom. The number of ether oxygens (including phenoxy) is 1. The molecule has 1 heterocycles. The van der Waals surface area contributed by atoms with E-state index in [1.54, 1.807) is 32.1 Å². The molecule has 6 nitrogen and oxygen atoms in total. The Morgan fingerprint density at radius 2 is 1.71 bits per heavy atom. The second-order valence-electron chi connectivity index (χ2n) is 9.67. The monoisotopic (exact) mass is 504 g/mol. The lowest BCUT2D eigenvalue weighted by atomic mass is 10.00. The summed E-state index contributed by atoms with van der Waals surface area (Å²) in [4.78, 5) is 38.7. The summed E-state index contributed by atoms with van der Waals surface area (Å²) in [5.74, 6) is 0.782. The summed E-state index contributed by atoms with van der Waals surface area (Å²) in [5.41, 5.74) is 1.48. The van der Waals surface area contributed by atoms with E-state index in [0.29, 0.717) is 18.6 Å². The molecule has 0 fully saturated rings. The van der Waals surface area contributed by atoms with Crippen molar-refractivity contribution in [3.63, 3.8) is 0 Å². The van der Waals surface area contributed by atoms with Crippen LogP contribution in [0.4, 0.5) is 4.79 Å². The van der Waals surface area contributed by atoms with E-state index in [1.807, 2.05) is 55.6 Å². The van der Waals surface area contributed by atoms with Gasteiger partial charge in [0.25, 0.3) is 0 Å². The van der Waals surface area contributed by atoms with E-state index >= 15 is 0 Å². The molecule has 0 saturated heterocycles. The molecule has 0 unspecified atom stereocenters. The maximum Gasteiger partial charge on any atom is 0.408 e. The number of amides is 2. The van der Waals surface area contributed by atoms with Crippen LogP contribution >= 0.6 is 23.1 Å². The van der Waals surface area contributed by atoms with Gasteiger partial charge in [0, 0.05) is 5.75 Å². The van der Waals surface area contributed by atoms with Crippen LogP contribution in [-0.2, 0) is 26.5 Å². The van der Waals surface area contributed by atoms with Crippen molar-refractivity contribution in [1.82, 2.24) is 10.6 Å². The Labute approximate surface area is 211 Å². The number of thiophene rings is 1. The summed E-state index contributed by atoms with van der Waals surface area (Å²) in [6.45, 7) is 9.26. The molecule has 0 aliphatic rings. The summed E-state index contributed by atoms with van der Waals surface area (Å²) in [5, 5.41) is 9.68. The Hall–Kier alpha value is -2.32. The number of rotatable bonds is 12. The van der Waals surface area contributed by atoms with Crippen molar-refractivity contribution < 1.29 is 19.1 Å². The van der Waals surface area contributed by atoms with Gasteiger partial charge in [0.05, 0.1) is 11.8 Å². The van der Waals surface area contributed by atoms with E-state index in [9.17, 15) is 14.4 Å². The standard InChI is InChI=1S/C26H36N2O4S2/c1-18(2)13-22(28-25(31)32-26(3,4)5)24(30)27-21(14-19-9-7-6-8-10-19)23(29)17-34-16-20-11-12-33-15-20/h6-12,15,18,21-22H,13-14,16-17H2,1-5H3,(H,27,30)(H,28,31)/t21-,22-/m0/s1. The molecule has 34 heavy (non-hydrogen) atoms. The SMILES string of the molecule is CC(C)C[C@H](NC(=O)OC(C)(C)C)C(=O)N[C@@H](Cc1ccccc1)C(=O)CSCc1ccsc1. The first-order valence-corrected chi connectivity index (χ1v) is 13.6. The van der Waals surface area contributed by atoms with Gasteiger partial charge in [-0.2, -0.15) is 11.3 Å². The minimum atomic E-state index is -0.792.